The van der Waals surface area contributed by atoms with Gasteiger partial charge in [-0.3, -0.25) is 0 Å². The van der Waals surface area contributed by atoms with Crippen LogP contribution in [0, 0.1) is 5.41 Å². The summed E-state index contributed by atoms with van der Waals surface area (Å²) in [4.78, 5) is 0. The van der Waals surface area contributed by atoms with Crippen molar-refractivity contribution in [1.82, 2.24) is 0 Å². The van der Waals surface area contributed by atoms with Gasteiger partial charge in [0.2, 0.25) is 0 Å². The van der Waals surface area contributed by atoms with Crippen molar-refractivity contribution in [2.75, 3.05) is 0 Å². The molecule has 0 aromatic rings. The maximum atomic E-state index is 14.1. The highest BCUT2D eigenvalue weighted by atomic mass is 19.4. The van der Waals surface area contributed by atoms with Gasteiger partial charge in [0.15, 0.2) is 0 Å². The summed E-state index contributed by atoms with van der Waals surface area (Å²) in [5, 5.41) is 7.78. The molecular weight excluding hydrogens is 485 g/mol. The summed E-state index contributed by atoms with van der Waals surface area (Å²) >= 11 is 0. The quantitative estimate of drug-likeness (QED) is 0.500. The molecule has 0 aliphatic rings. The van der Waals surface area contributed by atoms with Gasteiger partial charge >= 0.3 is 42.7 Å². The van der Waals surface area contributed by atoms with E-state index in [4.69, 9.17) is 5.11 Å². The normalized spacial score (nSPS) is 17.0. The van der Waals surface area contributed by atoms with Crippen LogP contribution < -0.4 is 0 Å². The molecule has 0 rings (SSSR count). The van der Waals surface area contributed by atoms with Crippen LogP contribution in [0.3, 0.4) is 0 Å². The van der Waals surface area contributed by atoms with E-state index >= 15 is 0 Å². The second-order valence-corrected chi connectivity index (χ2v) is 5.09. The van der Waals surface area contributed by atoms with Gasteiger partial charge in [-0.05, 0) is 0 Å². The van der Waals surface area contributed by atoms with Crippen LogP contribution in [-0.4, -0.2) is 53.4 Å². The van der Waals surface area contributed by atoms with Gasteiger partial charge in [-0.1, -0.05) is 0 Å². The summed E-state index contributed by atoms with van der Waals surface area (Å²) in [5.41, 5.74) is -19.0. The highest BCUT2D eigenvalue weighted by molar-refractivity contribution is 5.25. The van der Waals surface area contributed by atoms with Crippen LogP contribution in [0.2, 0.25) is 0 Å². The molecule has 0 spiro atoms. The molecule has 29 heavy (non-hydrogen) atoms. The van der Waals surface area contributed by atoms with E-state index in [9.17, 15) is 83.4 Å². The second kappa shape index (κ2) is 6.32. The van der Waals surface area contributed by atoms with Gasteiger partial charge in [0.05, 0.1) is 0 Å². The average Bonchev–Trinajstić information content (AvgIpc) is 2.29. The lowest BCUT2D eigenvalue weighted by molar-refractivity contribution is -0.536. The summed E-state index contributed by atoms with van der Waals surface area (Å²) in [7, 11) is 0. The zero-order chi connectivity index (χ0) is 24.5. The fourth-order valence-corrected chi connectivity index (χ4v) is 2.16. The van der Waals surface area contributed by atoms with Crippen molar-refractivity contribution in [3.8, 4) is 0 Å². The Bertz CT molecular complexity index is 532. The van der Waals surface area contributed by atoms with Crippen molar-refractivity contribution in [2.24, 2.45) is 5.41 Å². The van der Waals surface area contributed by atoms with Crippen LogP contribution in [-0.2, 0) is 0 Å². The minimum absolute atomic E-state index is 7.78. The summed E-state index contributed by atoms with van der Waals surface area (Å²) in [6, 6.07) is 0. The Morgan fingerprint density at radius 1 is 0.345 bits per heavy atom. The van der Waals surface area contributed by atoms with Crippen molar-refractivity contribution in [3.05, 3.63) is 0 Å². The first-order valence-electron chi connectivity index (χ1n) is 5.81. The molecule has 20 heteroatoms. The van der Waals surface area contributed by atoms with Crippen molar-refractivity contribution in [2.45, 2.75) is 48.3 Å². The van der Waals surface area contributed by atoms with E-state index in [2.05, 4.69) is 0 Å². The van der Waals surface area contributed by atoms with Gasteiger partial charge in [-0.25, -0.2) is 4.39 Å². The molecule has 0 aliphatic heterocycles. The molecule has 1 nitrogen and oxygen atoms in total. The Morgan fingerprint density at radius 2 is 0.552 bits per heavy atom. The number of aliphatic hydroxyl groups is 1. The number of hydrogen-bond acceptors (Lipinski definition) is 1. The minimum Gasteiger partial charge on any atom is -0.335 e. The molecule has 0 bridgehead atoms. The van der Waals surface area contributed by atoms with Gasteiger partial charge in [-0.2, -0.15) is 79.0 Å². The number of alkyl halides is 19. The fourth-order valence-electron chi connectivity index (χ4n) is 2.16. The van der Waals surface area contributed by atoms with Crippen molar-refractivity contribution >= 4 is 0 Å². The summed E-state index contributed by atoms with van der Waals surface area (Å²) in [5.74, 6) is -18.3. The highest BCUT2D eigenvalue weighted by Gasteiger charge is 3.05. The van der Waals surface area contributed by atoms with Gasteiger partial charge < -0.3 is 5.11 Å². The van der Waals surface area contributed by atoms with E-state index in [1.54, 1.807) is 0 Å². The molecular formula is C9HF19O. The topological polar surface area (TPSA) is 20.2 Å². The predicted molar refractivity (Wildman–Crippen MR) is 47.6 cm³/mol. The minimum atomic E-state index is -9.64. The highest BCUT2D eigenvalue weighted by Crippen LogP contribution is 2.74. The Kier molecular flexibility index (Phi) is 6.02. The van der Waals surface area contributed by atoms with Gasteiger partial charge in [0.25, 0.3) is 11.1 Å². The van der Waals surface area contributed by atoms with Gasteiger partial charge in [0.1, 0.15) is 0 Å². The first-order chi connectivity index (χ1) is 12.0. The van der Waals surface area contributed by atoms with Crippen molar-refractivity contribution in [3.63, 3.8) is 0 Å². The third kappa shape index (κ3) is 3.24. The lowest BCUT2D eigenvalue weighted by Crippen LogP contribution is -2.84. The molecule has 0 saturated carbocycles. The Balaban J connectivity index is 8.25. The molecule has 176 valence electrons. The van der Waals surface area contributed by atoms with Crippen LogP contribution in [0.15, 0.2) is 0 Å². The summed E-state index contributed by atoms with van der Waals surface area (Å²) in [6.07, 6.45) is -43.1. The zero-order valence-electron chi connectivity index (χ0n) is 12.1. The van der Waals surface area contributed by atoms with Crippen molar-refractivity contribution < 1.29 is 88.5 Å². The SMILES string of the molecule is OC(F)(F)C(C(F)(F)F)(C(F)(F)F)C(F)(C(F)(F)C(F)(F)F)C(F)(F)C(F)(F)F. The third-order valence-corrected chi connectivity index (χ3v) is 3.40. The maximum Gasteiger partial charge on any atom is 0.457 e. The average molecular weight is 486 g/mol. The fraction of sp³-hybridized carbons (Fsp3) is 1.00. The van der Waals surface area contributed by atoms with E-state index in [0.29, 0.717) is 0 Å². The van der Waals surface area contributed by atoms with Crippen LogP contribution in [0.5, 0.6) is 0 Å². The smallest absolute Gasteiger partial charge is 0.335 e. The molecule has 1 N–H and O–H groups in total. The zero-order valence-corrected chi connectivity index (χ0v) is 12.1. The van der Waals surface area contributed by atoms with E-state index in [1.807, 2.05) is 0 Å². The Labute approximate surface area is 144 Å². The molecule has 0 aromatic carbocycles. The largest absolute Gasteiger partial charge is 0.457 e. The first-order valence-corrected chi connectivity index (χ1v) is 5.81. The van der Waals surface area contributed by atoms with E-state index < -0.39 is 53.7 Å². The standard InChI is InChI=1S/C9HF19O/c10-2(3(11,12)7(21,22)23,4(13,14)8(24,25)26)1(5(15,16)17,6(18,19)20)9(27,28)29/h29H. The lowest BCUT2D eigenvalue weighted by Gasteiger charge is -2.52. The Hall–Kier alpha value is -1.37. The molecule has 0 atom stereocenters. The third-order valence-electron chi connectivity index (χ3n) is 3.40. The molecule has 0 aromatic heterocycles. The molecule has 0 radical (unpaired) electrons. The van der Waals surface area contributed by atoms with Gasteiger partial charge in [0, 0.05) is 0 Å². The molecule has 0 fully saturated rings. The van der Waals surface area contributed by atoms with Crippen molar-refractivity contribution in [1.29, 1.82) is 0 Å². The Morgan fingerprint density at radius 3 is 0.655 bits per heavy atom. The molecule has 0 aliphatic carbocycles. The molecule has 0 amide bonds. The van der Waals surface area contributed by atoms with Crippen LogP contribution in [0.1, 0.15) is 0 Å². The van der Waals surface area contributed by atoms with Crippen LogP contribution in [0.4, 0.5) is 83.4 Å². The van der Waals surface area contributed by atoms with Crippen LogP contribution in [0.25, 0.3) is 0 Å². The monoisotopic (exact) mass is 486 g/mol. The first kappa shape index (κ1) is 27.6. The summed E-state index contributed by atoms with van der Waals surface area (Å²) in [6.45, 7) is 0. The molecule has 0 heterocycles. The van der Waals surface area contributed by atoms with Crippen LogP contribution >= 0.6 is 0 Å². The van der Waals surface area contributed by atoms with E-state index in [1.165, 1.54) is 0 Å². The lowest BCUT2D eigenvalue weighted by atomic mass is 9.63. The number of hydrogen-bond donors (Lipinski definition) is 1. The van der Waals surface area contributed by atoms with Gasteiger partial charge in [-0.15, -0.1) is 0 Å². The predicted octanol–water partition coefficient (Wildman–Crippen LogP) is 5.79. The molecule has 0 unspecified atom stereocenters. The summed E-state index contributed by atoms with van der Waals surface area (Å²) < 4.78 is 242. The number of halogens is 19. The maximum absolute atomic E-state index is 14.1. The second-order valence-electron chi connectivity index (χ2n) is 5.09. The molecule has 0 saturated heterocycles. The van der Waals surface area contributed by atoms with E-state index in [0.717, 1.165) is 0 Å². The number of rotatable bonds is 4. The van der Waals surface area contributed by atoms with E-state index in [-0.39, 0.29) is 0 Å².